The van der Waals surface area contributed by atoms with Gasteiger partial charge < -0.3 is 10.1 Å². The van der Waals surface area contributed by atoms with Gasteiger partial charge in [-0.3, -0.25) is 14.5 Å². The average molecular weight is 467 g/mol. The Balaban J connectivity index is 1.67. The fraction of sp³-hybridized carbons (Fsp3) is 0.182. The number of nitrogens with one attached hydrogen (secondary N) is 1. The van der Waals surface area contributed by atoms with Gasteiger partial charge in [0.05, 0.1) is 33.9 Å². The van der Waals surface area contributed by atoms with E-state index in [1.54, 1.807) is 23.0 Å². The number of carbonyl (C=O) groups is 1. The van der Waals surface area contributed by atoms with Crippen molar-refractivity contribution in [2.45, 2.75) is 31.7 Å². The van der Waals surface area contributed by atoms with Crippen molar-refractivity contribution in [2.75, 3.05) is 5.32 Å². The van der Waals surface area contributed by atoms with E-state index in [1.165, 1.54) is 30.5 Å². The van der Waals surface area contributed by atoms with Crippen LogP contribution in [0.2, 0.25) is 0 Å². The molecule has 10 nitrogen and oxygen atoms in total. The Morgan fingerprint density at radius 2 is 1.88 bits per heavy atom. The first kappa shape index (κ1) is 22.4. The number of rotatable bonds is 7. The Kier molecular flexibility index (Phi) is 6.07. The summed E-state index contributed by atoms with van der Waals surface area (Å²) in [5.41, 5.74) is 1.72. The zero-order chi connectivity index (χ0) is 23.6. The van der Waals surface area contributed by atoms with Crippen LogP contribution in [0.3, 0.4) is 0 Å². The van der Waals surface area contributed by atoms with Gasteiger partial charge in [-0.1, -0.05) is 6.92 Å². The van der Waals surface area contributed by atoms with Gasteiger partial charge in [0.25, 0.3) is 5.91 Å². The summed E-state index contributed by atoms with van der Waals surface area (Å²) in [7, 11) is -3.81. The van der Waals surface area contributed by atoms with Crippen molar-refractivity contribution in [3.8, 4) is 11.5 Å². The predicted octanol–water partition coefficient (Wildman–Crippen LogP) is 3.10. The third kappa shape index (κ3) is 4.99. The van der Waals surface area contributed by atoms with Gasteiger partial charge in [0, 0.05) is 18.3 Å². The second kappa shape index (κ2) is 8.96. The summed E-state index contributed by atoms with van der Waals surface area (Å²) in [4.78, 5) is 21.3. The van der Waals surface area contributed by atoms with Crippen LogP contribution in [0.25, 0.3) is 10.9 Å². The molecule has 2 aromatic heterocycles. The number of anilines is 1. The van der Waals surface area contributed by atoms with Crippen molar-refractivity contribution in [1.29, 1.82) is 0 Å². The van der Waals surface area contributed by atoms with E-state index in [0.29, 0.717) is 40.3 Å². The number of ether oxygens (including phenoxy) is 1. The zero-order valence-electron chi connectivity index (χ0n) is 18.0. The molecule has 0 radical (unpaired) electrons. The monoisotopic (exact) mass is 466 g/mol. The Morgan fingerprint density at radius 3 is 2.48 bits per heavy atom. The number of hydrogen-bond acceptors (Lipinski definition) is 7. The quantitative estimate of drug-likeness (QED) is 0.426. The van der Waals surface area contributed by atoms with E-state index in [9.17, 15) is 13.2 Å². The minimum Gasteiger partial charge on any atom is -0.457 e. The molecule has 3 N–H and O–H groups in total. The Hall–Kier alpha value is -3.83. The summed E-state index contributed by atoms with van der Waals surface area (Å²) in [6, 6.07) is 8.96. The molecule has 170 valence electrons. The predicted molar refractivity (Wildman–Crippen MR) is 123 cm³/mol. The van der Waals surface area contributed by atoms with E-state index < -0.39 is 15.9 Å². The minimum atomic E-state index is -3.81. The molecule has 0 aliphatic heterocycles. The number of primary sulfonamides is 1. The molecule has 0 atom stereocenters. The standard InChI is InChI=1S/C22H22N6O4S/c1-3-15-11-25-21(12-24-15)26-22(29)14-9-19-18(13-28(4-2)27-19)20(10-14)32-16-5-7-17(8-6-16)33(23,30)31/h5-13H,3-4H2,1-2H3,(H2,23,30,31)(H,25,26,29). The van der Waals surface area contributed by atoms with Crippen LogP contribution in [-0.4, -0.2) is 34.1 Å². The molecule has 1 amide bonds. The first-order chi connectivity index (χ1) is 15.8. The first-order valence-electron chi connectivity index (χ1n) is 10.2. The molecular weight excluding hydrogens is 444 g/mol. The number of hydrogen-bond donors (Lipinski definition) is 2. The molecule has 0 unspecified atom stereocenters. The fourth-order valence-electron chi connectivity index (χ4n) is 3.13. The SMILES string of the molecule is CCc1cnc(NC(=O)c2cc(Oc3ccc(S(N)(=O)=O)cc3)c3cn(CC)nc3c2)cn1. The van der Waals surface area contributed by atoms with E-state index in [-0.39, 0.29) is 4.90 Å². The summed E-state index contributed by atoms with van der Waals surface area (Å²) in [6.45, 7) is 4.56. The van der Waals surface area contributed by atoms with Crippen molar-refractivity contribution in [3.05, 3.63) is 66.2 Å². The summed E-state index contributed by atoms with van der Waals surface area (Å²) in [6.07, 6.45) is 5.68. The normalized spacial score (nSPS) is 11.5. The van der Waals surface area contributed by atoms with E-state index in [4.69, 9.17) is 9.88 Å². The lowest BCUT2D eigenvalue weighted by Crippen LogP contribution is -2.13. The molecule has 4 rings (SSSR count). The number of aromatic nitrogens is 4. The van der Waals surface area contributed by atoms with E-state index in [1.807, 2.05) is 20.0 Å². The van der Waals surface area contributed by atoms with Gasteiger partial charge in [-0.2, -0.15) is 5.10 Å². The Labute approximate surface area is 190 Å². The van der Waals surface area contributed by atoms with Gasteiger partial charge in [-0.15, -0.1) is 0 Å². The highest BCUT2D eigenvalue weighted by atomic mass is 32.2. The molecular formula is C22H22N6O4S. The summed E-state index contributed by atoms with van der Waals surface area (Å²) < 4.78 is 30.7. The largest absolute Gasteiger partial charge is 0.457 e. The van der Waals surface area contributed by atoms with Crippen molar-refractivity contribution in [2.24, 2.45) is 5.14 Å². The number of benzene rings is 2. The van der Waals surface area contributed by atoms with Crippen LogP contribution in [0.1, 0.15) is 29.9 Å². The van der Waals surface area contributed by atoms with Gasteiger partial charge in [0.15, 0.2) is 5.82 Å². The molecule has 0 aliphatic carbocycles. The summed E-state index contributed by atoms with van der Waals surface area (Å²) >= 11 is 0. The lowest BCUT2D eigenvalue weighted by Gasteiger charge is -2.10. The number of aryl methyl sites for hydroxylation is 2. The van der Waals surface area contributed by atoms with Crippen molar-refractivity contribution in [1.82, 2.24) is 19.7 Å². The van der Waals surface area contributed by atoms with Crippen LogP contribution in [0.4, 0.5) is 5.82 Å². The number of nitrogens with two attached hydrogens (primary N) is 1. The van der Waals surface area contributed by atoms with Gasteiger partial charge in [-0.05, 0) is 49.7 Å². The van der Waals surface area contributed by atoms with Gasteiger partial charge in [-0.25, -0.2) is 18.5 Å². The molecule has 0 fully saturated rings. The molecule has 0 bridgehead atoms. The number of nitrogens with zero attached hydrogens (tertiary/aromatic N) is 4. The molecule has 4 aromatic rings. The van der Waals surface area contributed by atoms with E-state index in [0.717, 1.165) is 12.1 Å². The molecule has 0 aliphatic rings. The Morgan fingerprint density at radius 1 is 1.12 bits per heavy atom. The maximum atomic E-state index is 12.9. The van der Waals surface area contributed by atoms with E-state index in [2.05, 4.69) is 20.4 Å². The summed E-state index contributed by atoms with van der Waals surface area (Å²) in [5, 5.41) is 13.1. The highest BCUT2D eigenvalue weighted by Gasteiger charge is 2.16. The van der Waals surface area contributed by atoms with Gasteiger partial charge in [0.1, 0.15) is 11.5 Å². The molecule has 33 heavy (non-hydrogen) atoms. The molecule has 2 aromatic carbocycles. The van der Waals surface area contributed by atoms with Crippen LogP contribution >= 0.6 is 0 Å². The van der Waals surface area contributed by atoms with Crippen LogP contribution < -0.4 is 15.2 Å². The van der Waals surface area contributed by atoms with Crippen molar-refractivity contribution in [3.63, 3.8) is 0 Å². The van der Waals surface area contributed by atoms with Crippen LogP contribution in [0.5, 0.6) is 11.5 Å². The highest BCUT2D eigenvalue weighted by Crippen LogP contribution is 2.32. The van der Waals surface area contributed by atoms with E-state index >= 15 is 0 Å². The minimum absolute atomic E-state index is 0.0258. The lowest BCUT2D eigenvalue weighted by molar-refractivity contribution is 0.102. The second-order valence-electron chi connectivity index (χ2n) is 7.21. The van der Waals surface area contributed by atoms with Crippen molar-refractivity contribution < 1.29 is 17.9 Å². The topological polar surface area (TPSA) is 142 Å². The molecule has 11 heteroatoms. The number of sulfonamides is 1. The summed E-state index contributed by atoms with van der Waals surface area (Å²) in [5.74, 6) is 0.716. The lowest BCUT2D eigenvalue weighted by atomic mass is 10.1. The van der Waals surface area contributed by atoms with Crippen LogP contribution in [0, 0.1) is 0 Å². The number of amides is 1. The number of carbonyl (C=O) groups excluding carboxylic acids is 1. The van der Waals surface area contributed by atoms with Crippen LogP contribution in [-0.2, 0) is 23.0 Å². The third-order valence-corrected chi connectivity index (χ3v) is 5.84. The third-order valence-electron chi connectivity index (χ3n) is 4.91. The molecule has 2 heterocycles. The average Bonchev–Trinajstić information content (AvgIpc) is 3.23. The highest BCUT2D eigenvalue weighted by molar-refractivity contribution is 7.89. The fourth-order valence-corrected chi connectivity index (χ4v) is 3.65. The van der Waals surface area contributed by atoms with Crippen LogP contribution in [0.15, 0.2) is 59.9 Å². The zero-order valence-corrected chi connectivity index (χ0v) is 18.8. The first-order valence-corrected chi connectivity index (χ1v) is 11.8. The van der Waals surface area contributed by atoms with Gasteiger partial charge >= 0.3 is 0 Å². The maximum Gasteiger partial charge on any atom is 0.257 e. The molecule has 0 saturated carbocycles. The van der Waals surface area contributed by atoms with Gasteiger partial charge in [0.2, 0.25) is 10.0 Å². The second-order valence-corrected chi connectivity index (χ2v) is 8.77. The molecule has 0 spiro atoms. The van der Waals surface area contributed by atoms with Crippen molar-refractivity contribution >= 4 is 32.7 Å². The maximum absolute atomic E-state index is 12.9. The Bertz CT molecular complexity index is 1410. The molecule has 0 saturated heterocycles. The smallest absolute Gasteiger partial charge is 0.257 e. The number of fused-ring (bicyclic) bond motifs is 1.